The van der Waals surface area contributed by atoms with E-state index >= 15 is 0 Å². The lowest BCUT2D eigenvalue weighted by Gasteiger charge is -2.14. The third-order valence-electron chi connectivity index (χ3n) is 1.85. The average molecular weight is 182 g/mol. The minimum Gasteiger partial charge on any atom is -0.463 e. The Hall–Kier alpha value is -1.25. The van der Waals surface area contributed by atoms with Crippen LogP contribution in [-0.4, -0.2) is 13.1 Å². The van der Waals surface area contributed by atoms with Crippen LogP contribution in [0.4, 0.5) is 0 Å². The molecule has 1 aromatic rings. The summed E-state index contributed by atoms with van der Waals surface area (Å²) in [5.41, 5.74) is 0.989. The predicted molar refractivity (Wildman–Crippen MR) is 48.7 cm³/mol. The molecule has 0 atom stereocenters. The molecule has 0 radical (unpaired) electrons. The zero-order valence-corrected chi connectivity index (χ0v) is 8.38. The average Bonchev–Trinajstić information content (AvgIpc) is 2.50. The van der Waals surface area contributed by atoms with Crippen molar-refractivity contribution in [2.24, 2.45) is 0 Å². The normalized spacial score (nSPS) is 11.4. The predicted octanol–water partition coefficient (Wildman–Crippen LogP) is 2.36. The van der Waals surface area contributed by atoms with E-state index in [0.717, 1.165) is 5.56 Å². The third kappa shape index (κ3) is 2.11. The van der Waals surface area contributed by atoms with E-state index < -0.39 is 5.97 Å². The molecule has 0 aliphatic rings. The minimum atomic E-state index is -0.435. The molecule has 0 aromatic carbocycles. The van der Waals surface area contributed by atoms with Gasteiger partial charge in [-0.1, -0.05) is 20.8 Å². The fourth-order valence-corrected chi connectivity index (χ4v) is 0.937. The molecule has 0 saturated carbocycles. The van der Waals surface area contributed by atoms with Crippen molar-refractivity contribution in [2.75, 3.05) is 7.11 Å². The second-order valence-electron chi connectivity index (χ2n) is 3.94. The summed E-state index contributed by atoms with van der Waals surface area (Å²) >= 11 is 0. The van der Waals surface area contributed by atoms with Crippen LogP contribution in [0.15, 0.2) is 16.7 Å². The summed E-state index contributed by atoms with van der Waals surface area (Å²) < 4.78 is 9.60. The van der Waals surface area contributed by atoms with Crippen LogP contribution < -0.4 is 0 Å². The molecule has 0 unspecified atom stereocenters. The molecule has 1 heterocycles. The first-order chi connectivity index (χ1) is 5.95. The number of carbonyl (C=O) groups is 1. The number of carbonyl (C=O) groups excluding carboxylic acids is 1. The fraction of sp³-hybridized carbons (Fsp3) is 0.500. The van der Waals surface area contributed by atoms with Crippen LogP contribution in [-0.2, 0) is 10.2 Å². The van der Waals surface area contributed by atoms with E-state index in [9.17, 15) is 4.79 Å². The highest BCUT2D eigenvalue weighted by molar-refractivity contribution is 5.86. The Labute approximate surface area is 77.7 Å². The highest BCUT2D eigenvalue weighted by atomic mass is 16.5. The topological polar surface area (TPSA) is 39.4 Å². The quantitative estimate of drug-likeness (QED) is 0.626. The number of esters is 1. The van der Waals surface area contributed by atoms with E-state index in [1.54, 1.807) is 12.3 Å². The molecule has 0 N–H and O–H groups in total. The van der Waals surface area contributed by atoms with Crippen LogP contribution in [0.2, 0.25) is 0 Å². The van der Waals surface area contributed by atoms with E-state index in [-0.39, 0.29) is 11.2 Å². The van der Waals surface area contributed by atoms with Gasteiger partial charge in [-0.05, 0) is 17.0 Å². The first-order valence-corrected chi connectivity index (χ1v) is 4.12. The van der Waals surface area contributed by atoms with E-state index in [0.29, 0.717) is 0 Å². The molecule has 0 aliphatic carbocycles. The maximum atomic E-state index is 11.0. The van der Waals surface area contributed by atoms with Crippen LogP contribution in [0.1, 0.15) is 36.9 Å². The molecule has 0 fully saturated rings. The van der Waals surface area contributed by atoms with Crippen molar-refractivity contribution in [1.82, 2.24) is 0 Å². The van der Waals surface area contributed by atoms with Gasteiger partial charge in [-0.25, -0.2) is 4.79 Å². The molecule has 1 rings (SSSR count). The second kappa shape index (κ2) is 3.24. The van der Waals surface area contributed by atoms with Gasteiger partial charge in [0.1, 0.15) is 0 Å². The van der Waals surface area contributed by atoms with Gasteiger partial charge in [-0.15, -0.1) is 0 Å². The lowest BCUT2D eigenvalue weighted by molar-refractivity contribution is 0.0565. The fourth-order valence-electron chi connectivity index (χ4n) is 0.937. The molecule has 1 aromatic heterocycles. The standard InChI is InChI=1S/C10H14O3/c1-10(2,3)7-5-8(13-6-7)9(11)12-4/h5-6H,1-4H3. The first kappa shape index (κ1) is 9.84. The Morgan fingerprint density at radius 1 is 1.46 bits per heavy atom. The van der Waals surface area contributed by atoms with E-state index in [1.807, 2.05) is 0 Å². The summed E-state index contributed by atoms with van der Waals surface area (Å²) in [6.45, 7) is 6.16. The van der Waals surface area contributed by atoms with E-state index in [2.05, 4.69) is 25.5 Å². The Kier molecular flexibility index (Phi) is 2.45. The first-order valence-electron chi connectivity index (χ1n) is 4.12. The molecule has 0 amide bonds. The van der Waals surface area contributed by atoms with Crippen LogP contribution in [0, 0.1) is 0 Å². The molecule has 72 valence electrons. The van der Waals surface area contributed by atoms with Gasteiger partial charge in [-0.2, -0.15) is 0 Å². The zero-order chi connectivity index (χ0) is 10.1. The summed E-state index contributed by atoms with van der Waals surface area (Å²) in [6.07, 6.45) is 1.59. The highest BCUT2D eigenvalue weighted by Gasteiger charge is 2.19. The van der Waals surface area contributed by atoms with Crippen molar-refractivity contribution in [3.05, 3.63) is 23.7 Å². The maximum absolute atomic E-state index is 11.0. The van der Waals surface area contributed by atoms with Crippen molar-refractivity contribution in [3.8, 4) is 0 Å². The highest BCUT2D eigenvalue weighted by Crippen LogP contribution is 2.24. The molecular weight excluding hydrogens is 168 g/mol. The van der Waals surface area contributed by atoms with Gasteiger partial charge in [0.05, 0.1) is 13.4 Å². The summed E-state index contributed by atoms with van der Waals surface area (Å²) in [4.78, 5) is 11.0. The minimum absolute atomic E-state index is 0.00420. The Bertz CT molecular complexity index is 304. The summed E-state index contributed by atoms with van der Waals surface area (Å²) in [5, 5.41) is 0. The molecular formula is C10H14O3. The molecule has 0 spiro atoms. The van der Waals surface area contributed by atoms with Gasteiger partial charge in [-0.3, -0.25) is 0 Å². The monoisotopic (exact) mass is 182 g/mol. The van der Waals surface area contributed by atoms with Gasteiger partial charge in [0.25, 0.3) is 0 Å². The van der Waals surface area contributed by atoms with Gasteiger partial charge in [0.2, 0.25) is 5.76 Å². The summed E-state index contributed by atoms with van der Waals surface area (Å²) in [6, 6.07) is 1.71. The number of hydrogen-bond donors (Lipinski definition) is 0. The lowest BCUT2D eigenvalue weighted by atomic mass is 9.89. The zero-order valence-electron chi connectivity index (χ0n) is 8.38. The van der Waals surface area contributed by atoms with Gasteiger partial charge >= 0.3 is 5.97 Å². The van der Waals surface area contributed by atoms with Crippen LogP contribution in [0.25, 0.3) is 0 Å². The Balaban J connectivity index is 2.93. The maximum Gasteiger partial charge on any atom is 0.373 e. The van der Waals surface area contributed by atoms with Crippen LogP contribution in [0.5, 0.6) is 0 Å². The van der Waals surface area contributed by atoms with E-state index in [4.69, 9.17) is 4.42 Å². The van der Waals surface area contributed by atoms with Crippen molar-refractivity contribution in [3.63, 3.8) is 0 Å². The number of hydrogen-bond acceptors (Lipinski definition) is 3. The molecule has 0 bridgehead atoms. The van der Waals surface area contributed by atoms with Crippen molar-refractivity contribution in [2.45, 2.75) is 26.2 Å². The number of methoxy groups -OCH3 is 1. The third-order valence-corrected chi connectivity index (χ3v) is 1.85. The van der Waals surface area contributed by atoms with E-state index in [1.165, 1.54) is 7.11 Å². The largest absolute Gasteiger partial charge is 0.463 e. The summed E-state index contributed by atoms with van der Waals surface area (Å²) in [5.74, 6) is -0.178. The molecule has 3 heteroatoms. The smallest absolute Gasteiger partial charge is 0.373 e. The Morgan fingerprint density at radius 3 is 2.46 bits per heavy atom. The summed E-state index contributed by atoms with van der Waals surface area (Å²) in [7, 11) is 1.33. The van der Waals surface area contributed by atoms with Gasteiger partial charge in [0.15, 0.2) is 0 Å². The van der Waals surface area contributed by atoms with Gasteiger partial charge < -0.3 is 9.15 Å². The SMILES string of the molecule is COC(=O)c1cc(C(C)(C)C)co1. The molecule has 0 saturated heterocycles. The van der Waals surface area contributed by atoms with Crippen molar-refractivity contribution in [1.29, 1.82) is 0 Å². The second-order valence-corrected chi connectivity index (χ2v) is 3.94. The molecule has 0 aliphatic heterocycles. The number of ether oxygens (including phenoxy) is 1. The lowest BCUT2D eigenvalue weighted by Crippen LogP contribution is -2.09. The number of rotatable bonds is 1. The van der Waals surface area contributed by atoms with Crippen LogP contribution in [0.3, 0.4) is 0 Å². The Morgan fingerprint density at radius 2 is 2.08 bits per heavy atom. The van der Waals surface area contributed by atoms with Crippen molar-refractivity contribution < 1.29 is 13.9 Å². The van der Waals surface area contributed by atoms with Crippen molar-refractivity contribution >= 4 is 5.97 Å². The van der Waals surface area contributed by atoms with Gasteiger partial charge in [0, 0.05) is 0 Å². The molecule has 13 heavy (non-hydrogen) atoms. The molecule has 3 nitrogen and oxygen atoms in total. The van der Waals surface area contributed by atoms with Crippen LogP contribution >= 0.6 is 0 Å². The number of furan rings is 1.